The van der Waals surface area contributed by atoms with Crippen LogP contribution in [0.4, 0.5) is 0 Å². The van der Waals surface area contributed by atoms with Crippen LogP contribution in [-0.2, 0) is 20.1 Å². The Bertz CT molecular complexity index is 648. The molecule has 21 heavy (non-hydrogen) atoms. The predicted molar refractivity (Wildman–Crippen MR) is 81.5 cm³/mol. The zero-order chi connectivity index (χ0) is 15.4. The van der Waals surface area contributed by atoms with Crippen LogP contribution < -0.4 is 10.6 Å². The van der Waals surface area contributed by atoms with Crippen LogP contribution in [0, 0.1) is 6.92 Å². The lowest BCUT2D eigenvalue weighted by Gasteiger charge is -2.11. The van der Waals surface area contributed by atoms with Crippen LogP contribution in [0.15, 0.2) is 15.6 Å². The molecule has 0 unspecified atom stereocenters. The van der Waals surface area contributed by atoms with E-state index in [0.717, 1.165) is 5.69 Å². The number of hydrogen-bond donors (Lipinski definition) is 2. The van der Waals surface area contributed by atoms with Gasteiger partial charge in [0.25, 0.3) is 0 Å². The summed E-state index contributed by atoms with van der Waals surface area (Å²) in [7, 11) is 3.53. The number of hydrogen-bond acceptors (Lipinski definition) is 4. The number of rotatable bonds is 4. The molecule has 2 rings (SSSR count). The molecule has 2 aromatic rings. The van der Waals surface area contributed by atoms with Gasteiger partial charge >= 0.3 is 0 Å². The topological polar surface area (TPSA) is 80.3 Å². The Morgan fingerprint density at radius 1 is 1.38 bits per heavy atom. The van der Waals surface area contributed by atoms with Gasteiger partial charge in [-0.2, -0.15) is 4.98 Å². The summed E-state index contributed by atoms with van der Waals surface area (Å²) in [6.45, 7) is 2.70. The number of aryl methyl sites for hydroxylation is 1. The van der Waals surface area contributed by atoms with Gasteiger partial charge in [-0.1, -0.05) is 28.4 Å². The van der Waals surface area contributed by atoms with Crippen LogP contribution in [0.3, 0.4) is 0 Å². The third-order valence-electron chi connectivity index (χ3n) is 2.85. The van der Waals surface area contributed by atoms with E-state index in [1.165, 1.54) is 0 Å². The second-order valence-corrected chi connectivity index (χ2v) is 5.11. The van der Waals surface area contributed by atoms with Gasteiger partial charge in [-0.3, -0.25) is 4.99 Å². The minimum Gasteiger partial charge on any atom is -0.351 e. The Hall–Kier alpha value is -1.73. The maximum absolute atomic E-state index is 6.02. The van der Waals surface area contributed by atoms with Crippen molar-refractivity contribution in [1.29, 1.82) is 0 Å². The first-order chi connectivity index (χ1) is 10.0. The molecule has 0 aliphatic heterocycles. The molecule has 0 saturated heterocycles. The molecule has 0 atom stereocenters. The Morgan fingerprint density at radius 2 is 2.10 bits per heavy atom. The molecule has 114 valence electrons. The fraction of sp³-hybridized carbons (Fsp3) is 0.417. The van der Waals surface area contributed by atoms with E-state index >= 15 is 0 Å². The fourth-order valence-electron chi connectivity index (χ4n) is 1.72. The zero-order valence-corrected chi connectivity index (χ0v) is 13.5. The molecule has 0 aliphatic rings. The molecule has 0 bridgehead atoms. The third-order valence-corrected chi connectivity index (χ3v) is 3.69. The van der Waals surface area contributed by atoms with E-state index < -0.39 is 0 Å². The average molecular weight is 331 g/mol. The number of aromatic nitrogens is 3. The van der Waals surface area contributed by atoms with Crippen LogP contribution in [0.2, 0.25) is 10.2 Å². The van der Waals surface area contributed by atoms with Crippen molar-refractivity contribution in [3.63, 3.8) is 0 Å². The number of nitrogens with zero attached hydrogens (tertiary/aromatic N) is 4. The number of nitrogens with one attached hydrogen (secondary N) is 2. The molecule has 7 nitrogen and oxygen atoms in total. The quantitative estimate of drug-likeness (QED) is 0.661. The molecule has 2 N–H and O–H groups in total. The average Bonchev–Trinajstić information content (AvgIpc) is 2.98. The standard InChI is InChI=1S/C12H16Cl2N6O/c1-7-18-10(21-19-7)6-17-12(15-2)16-5-8-4-9(13)11(14)20(8)3/h4H,5-6H2,1-3H3,(H2,15,16,17). The first-order valence-electron chi connectivity index (χ1n) is 6.24. The Morgan fingerprint density at radius 3 is 2.62 bits per heavy atom. The summed E-state index contributed by atoms with van der Waals surface area (Å²) in [5.41, 5.74) is 0.946. The summed E-state index contributed by atoms with van der Waals surface area (Å²) in [6, 6.07) is 1.81. The second kappa shape index (κ2) is 6.82. The molecule has 0 amide bonds. The van der Waals surface area contributed by atoms with Gasteiger partial charge in [0.15, 0.2) is 11.8 Å². The van der Waals surface area contributed by atoms with E-state index in [9.17, 15) is 0 Å². The molecule has 0 saturated carbocycles. The van der Waals surface area contributed by atoms with Gasteiger partial charge in [0.05, 0.1) is 18.1 Å². The number of guanidine groups is 1. The lowest BCUT2D eigenvalue weighted by Crippen LogP contribution is -2.36. The molecular formula is C12H16Cl2N6O. The van der Waals surface area contributed by atoms with Gasteiger partial charge in [0.1, 0.15) is 5.15 Å². The second-order valence-electron chi connectivity index (χ2n) is 4.35. The molecule has 2 heterocycles. The number of halogens is 2. The molecule has 0 aliphatic carbocycles. The van der Waals surface area contributed by atoms with Crippen molar-refractivity contribution in [2.75, 3.05) is 7.05 Å². The Balaban J connectivity index is 1.89. The summed E-state index contributed by atoms with van der Waals surface area (Å²) >= 11 is 12.0. The van der Waals surface area contributed by atoms with Crippen molar-refractivity contribution in [2.45, 2.75) is 20.0 Å². The van der Waals surface area contributed by atoms with Gasteiger partial charge in [-0.25, -0.2) is 0 Å². The van der Waals surface area contributed by atoms with E-state index in [4.69, 9.17) is 27.7 Å². The van der Waals surface area contributed by atoms with Crippen LogP contribution in [0.1, 0.15) is 17.4 Å². The minimum absolute atomic E-state index is 0.398. The minimum atomic E-state index is 0.398. The predicted octanol–water partition coefficient (Wildman–Crippen LogP) is 1.89. The van der Waals surface area contributed by atoms with Crippen LogP contribution in [0.25, 0.3) is 0 Å². The molecule has 0 spiro atoms. The van der Waals surface area contributed by atoms with Crippen molar-refractivity contribution < 1.29 is 4.52 Å². The highest BCUT2D eigenvalue weighted by atomic mass is 35.5. The molecular weight excluding hydrogens is 315 g/mol. The monoisotopic (exact) mass is 330 g/mol. The highest BCUT2D eigenvalue weighted by molar-refractivity contribution is 6.41. The summed E-state index contributed by atoms with van der Waals surface area (Å²) in [5, 5.41) is 11.0. The molecule has 0 aromatic carbocycles. The lowest BCUT2D eigenvalue weighted by molar-refractivity contribution is 0.371. The van der Waals surface area contributed by atoms with Crippen LogP contribution in [-0.4, -0.2) is 27.7 Å². The Kier molecular flexibility index (Phi) is 5.08. The summed E-state index contributed by atoms with van der Waals surface area (Å²) < 4.78 is 6.83. The first-order valence-corrected chi connectivity index (χ1v) is 7.00. The van der Waals surface area contributed by atoms with Crippen LogP contribution >= 0.6 is 23.2 Å². The molecule has 0 radical (unpaired) electrons. The summed E-state index contributed by atoms with van der Waals surface area (Å²) in [4.78, 5) is 8.22. The maximum atomic E-state index is 6.02. The third kappa shape index (κ3) is 3.89. The van der Waals surface area contributed by atoms with Gasteiger partial charge < -0.3 is 19.7 Å². The van der Waals surface area contributed by atoms with Gasteiger partial charge in [-0.15, -0.1) is 0 Å². The number of aliphatic imine (C=N–C) groups is 1. The van der Waals surface area contributed by atoms with E-state index in [1.807, 2.05) is 17.7 Å². The highest BCUT2D eigenvalue weighted by Gasteiger charge is 2.09. The Labute approximate surface area is 132 Å². The largest absolute Gasteiger partial charge is 0.351 e. The molecule has 0 fully saturated rings. The van der Waals surface area contributed by atoms with Crippen molar-refractivity contribution >= 4 is 29.2 Å². The maximum Gasteiger partial charge on any atom is 0.246 e. The lowest BCUT2D eigenvalue weighted by atomic mass is 10.4. The fourth-order valence-corrected chi connectivity index (χ4v) is 2.14. The van der Waals surface area contributed by atoms with Gasteiger partial charge in [0.2, 0.25) is 5.89 Å². The SMILES string of the molecule is CN=C(NCc1nc(C)no1)NCc1cc(Cl)c(Cl)n1C. The van der Waals surface area contributed by atoms with Gasteiger partial charge in [0, 0.05) is 19.8 Å². The van der Waals surface area contributed by atoms with E-state index in [-0.39, 0.29) is 0 Å². The normalized spacial score (nSPS) is 11.8. The summed E-state index contributed by atoms with van der Waals surface area (Å²) in [5.74, 6) is 1.71. The van der Waals surface area contributed by atoms with Crippen molar-refractivity contribution in [3.05, 3.63) is 33.7 Å². The summed E-state index contributed by atoms with van der Waals surface area (Å²) in [6.07, 6.45) is 0. The zero-order valence-electron chi connectivity index (χ0n) is 11.9. The van der Waals surface area contributed by atoms with Crippen LogP contribution in [0.5, 0.6) is 0 Å². The van der Waals surface area contributed by atoms with Crippen molar-refractivity contribution in [2.24, 2.45) is 12.0 Å². The van der Waals surface area contributed by atoms with Gasteiger partial charge in [-0.05, 0) is 13.0 Å². The van der Waals surface area contributed by atoms with E-state index in [1.54, 1.807) is 14.0 Å². The first kappa shape index (κ1) is 15.7. The highest BCUT2D eigenvalue weighted by Crippen LogP contribution is 2.24. The van der Waals surface area contributed by atoms with Crippen molar-refractivity contribution in [3.8, 4) is 0 Å². The van der Waals surface area contributed by atoms with E-state index in [0.29, 0.717) is 40.9 Å². The van der Waals surface area contributed by atoms with Crippen molar-refractivity contribution in [1.82, 2.24) is 25.3 Å². The molecule has 9 heteroatoms. The molecule has 2 aromatic heterocycles. The smallest absolute Gasteiger partial charge is 0.246 e. The van der Waals surface area contributed by atoms with E-state index in [2.05, 4.69) is 25.8 Å².